The van der Waals surface area contributed by atoms with Gasteiger partial charge in [-0.05, 0) is 0 Å². The average Bonchev–Trinajstić information content (AvgIpc) is 1.93. The van der Waals surface area contributed by atoms with E-state index in [2.05, 4.69) is 5.32 Å². The van der Waals surface area contributed by atoms with Gasteiger partial charge in [-0.3, -0.25) is 4.79 Å². The maximum Gasteiger partial charge on any atom is 0.278 e. The number of aliphatic carboxylic acids is 1. The Balaban J connectivity index is 2.42. The Bertz CT molecular complexity index is 181. The molecule has 5 nitrogen and oxygen atoms in total. The van der Waals surface area contributed by atoms with Crippen molar-refractivity contribution in [1.29, 1.82) is 0 Å². The van der Waals surface area contributed by atoms with Crippen molar-refractivity contribution in [3.63, 3.8) is 0 Å². The molecular formula is C6H10N2O3. The number of carboxylic acid groups (broad SMARTS) is 1. The molecule has 0 aromatic carbocycles. The standard InChI is InChI=1S/C6H10N2O3/c9-5(10)3-4-6(11)8-2-1-7-4/h4,7H,1-3H2,(H,8,11)(H,9,10)/t4-/m0/s1. The third-order valence-corrected chi connectivity index (χ3v) is 1.62. The summed E-state index contributed by atoms with van der Waals surface area (Å²) in [6.07, 6.45) is -0.203. The van der Waals surface area contributed by atoms with Gasteiger partial charge in [-0.2, -0.15) is 0 Å². The fourth-order valence-electron chi connectivity index (χ4n) is 1.07. The summed E-state index contributed by atoms with van der Waals surface area (Å²) in [5, 5.41) is 14.4. The van der Waals surface area contributed by atoms with Crippen LogP contribution in [-0.4, -0.2) is 31.0 Å². The minimum atomic E-state index is -1.18. The predicted octanol–water partition coefficient (Wildman–Crippen LogP) is -3.81. The van der Waals surface area contributed by atoms with E-state index in [-0.39, 0.29) is 12.3 Å². The maximum atomic E-state index is 10.9. The zero-order valence-electron chi connectivity index (χ0n) is 6.00. The minimum absolute atomic E-state index is 0.203. The summed E-state index contributed by atoms with van der Waals surface area (Å²) in [5.74, 6) is -1.39. The lowest BCUT2D eigenvalue weighted by atomic mass is 10.1. The van der Waals surface area contributed by atoms with Crippen molar-refractivity contribution in [2.75, 3.05) is 13.1 Å². The molecule has 11 heavy (non-hydrogen) atoms. The summed E-state index contributed by atoms with van der Waals surface area (Å²) in [6.45, 7) is 1.35. The fraction of sp³-hybridized carbons (Fsp3) is 0.667. The number of carbonyl (C=O) groups is 2. The summed E-state index contributed by atoms with van der Waals surface area (Å²) in [7, 11) is 0. The normalized spacial score (nSPS) is 24.4. The van der Waals surface area contributed by atoms with Crippen molar-refractivity contribution in [2.24, 2.45) is 0 Å². The van der Waals surface area contributed by atoms with Gasteiger partial charge in [0.25, 0.3) is 5.91 Å². The number of carbonyl (C=O) groups excluding carboxylic acids is 2. The molecule has 0 spiro atoms. The first-order valence-electron chi connectivity index (χ1n) is 3.51. The Kier molecular flexibility index (Phi) is 2.43. The lowest BCUT2D eigenvalue weighted by molar-refractivity contribution is -0.679. The summed E-state index contributed by atoms with van der Waals surface area (Å²) < 4.78 is 0. The molecule has 1 amide bonds. The summed E-state index contributed by atoms with van der Waals surface area (Å²) in [5.41, 5.74) is 0. The van der Waals surface area contributed by atoms with Gasteiger partial charge >= 0.3 is 0 Å². The van der Waals surface area contributed by atoms with Crippen LogP contribution in [0.15, 0.2) is 0 Å². The largest absolute Gasteiger partial charge is 0.550 e. The molecule has 0 bridgehead atoms. The van der Waals surface area contributed by atoms with E-state index in [1.54, 1.807) is 5.32 Å². The highest BCUT2D eigenvalue weighted by atomic mass is 16.4. The van der Waals surface area contributed by atoms with Gasteiger partial charge in [0.2, 0.25) is 0 Å². The van der Waals surface area contributed by atoms with Gasteiger partial charge in [0, 0.05) is 12.4 Å². The predicted molar refractivity (Wildman–Crippen MR) is 33.2 cm³/mol. The molecule has 0 saturated carbocycles. The van der Waals surface area contributed by atoms with Crippen molar-refractivity contribution in [1.82, 2.24) is 5.32 Å². The number of hydrogen-bond donors (Lipinski definition) is 2. The maximum absolute atomic E-state index is 10.9. The van der Waals surface area contributed by atoms with Crippen LogP contribution < -0.4 is 15.7 Å². The van der Waals surface area contributed by atoms with Crippen LogP contribution in [0.3, 0.4) is 0 Å². The highest BCUT2D eigenvalue weighted by Gasteiger charge is 2.24. The molecule has 1 fully saturated rings. The van der Waals surface area contributed by atoms with Gasteiger partial charge in [-0.15, -0.1) is 0 Å². The van der Waals surface area contributed by atoms with E-state index in [0.29, 0.717) is 6.54 Å². The number of nitrogens with one attached hydrogen (secondary N) is 1. The molecule has 1 heterocycles. The van der Waals surface area contributed by atoms with Crippen molar-refractivity contribution < 1.29 is 20.0 Å². The van der Waals surface area contributed by atoms with Gasteiger partial charge in [0.05, 0.1) is 13.1 Å². The van der Waals surface area contributed by atoms with Crippen LogP contribution >= 0.6 is 0 Å². The van der Waals surface area contributed by atoms with Gasteiger partial charge in [-0.25, -0.2) is 0 Å². The van der Waals surface area contributed by atoms with E-state index in [1.807, 2.05) is 0 Å². The number of nitrogens with two attached hydrogens (primary N) is 1. The second-order valence-electron chi connectivity index (χ2n) is 2.50. The van der Waals surface area contributed by atoms with Crippen LogP contribution in [0.2, 0.25) is 0 Å². The second-order valence-corrected chi connectivity index (χ2v) is 2.50. The highest BCUT2D eigenvalue weighted by Crippen LogP contribution is 1.86. The Morgan fingerprint density at radius 3 is 3.09 bits per heavy atom. The molecule has 0 aromatic heterocycles. The average molecular weight is 158 g/mol. The number of piperazine rings is 1. The zero-order valence-corrected chi connectivity index (χ0v) is 6.00. The van der Waals surface area contributed by atoms with Crippen LogP contribution in [0.1, 0.15) is 6.42 Å². The van der Waals surface area contributed by atoms with Gasteiger partial charge < -0.3 is 20.5 Å². The van der Waals surface area contributed by atoms with Crippen LogP contribution in [0.25, 0.3) is 0 Å². The molecule has 1 rings (SSSR count). The molecule has 0 unspecified atom stereocenters. The number of rotatable bonds is 2. The number of amides is 1. The molecule has 3 N–H and O–H groups in total. The zero-order chi connectivity index (χ0) is 8.27. The molecule has 1 aliphatic rings. The van der Waals surface area contributed by atoms with E-state index < -0.39 is 12.0 Å². The Hall–Kier alpha value is -1.10. The minimum Gasteiger partial charge on any atom is -0.550 e. The van der Waals surface area contributed by atoms with E-state index in [9.17, 15) is 14.7 Å². The molecule has 0 aromatic rings. The summed E-state index contributed by atoms with van der Waals surface area (Å²) >= 11 is 0. The van der Waals surface area contributed by atoms with Crippen LogP contribution in [-0.2, 0) is 9.59 Å². The lowest BCUT2D eigenvalue weighted by Crippen LogP contribution is -2.96. The van der Waals surface area contributed by atoms with Crippen molar-refractivity contribution >= 4 is 11.9 Å². The SMILES string of the molecule is O=C([O-])C[C@@H]1[NH2+]CCNC1=O. The topological polar surface area (TPSA) is 85.8 Å². The van der Waals surface area contributed by atoms with Gasteiger partial charge in [0.1, 0.15) is 0 Å². The quantitative estimate of drug-likeness (QED) is 0.432. The third-order valence-electron chi connectivity index (χ3n) is 1.62. The summed E-state index contributed by atoms with van der Waals surface area (Å²) in [4.78, 5) is 21.0. The fourth-order valence-corrected chi connectivity index (χ4v) is 1.07. The molecule has 0 aliphatic carbocycles. The van der Waals surface area contributed by atoms with Gasteiger partial charge in [-0.1, -0.05) is 0 Å². The Morgan fingerprint density at radius 2 is 2.55 bits per heavy atom. The number of hydrogen-bond acceptors (Lipinski definition) is 3. The lowest BCUT2D eigenvalue weighted by Gasteiger charge is -2.20. The molecule has 5 heteroatoms. The van der Waals surface area contributed by atoms with E-state index in [1.165, 1.54) is 0 Å². The number of carboxylic acids is 1. The van der Waals surface area contributed by atoms with Crippen molar-refractivity contribution in [3.05, 3.63) is 0 Å². The highest BCUT2D eigenvalue weighted by molar-refractivity contribution is 5.84. The number of quaternary nitrogens is 1. The molecule has 1 aliphatic heterocycles. The first-order valence-corrected chi connectivity index (χ1v) is 3.51. The first kappa shape index (κ1) is 8.00. The van der Waals surface area contributed by atoms with Crippen molar-refractivity contribution in [2.45, 2.75) is 12.5 Å². The Morgan fingerprint density at radius 1 is 1.82 bits per heavy atom. The molecule has 1 atom stereocenters. The van der Waals surface area contributed by atoms with E-state index in [0.717, 1.165) is 6.54 Å². The Labute approximate surface area is 63.8 Å². The summed E-state index contributed by atoms with van der Waals surface area (Å²) in [6, 6.07) is -0.492. The molecule has 1 saturated heterocycles. The van der Waals surface area contributed by atoms with Crippen LogP contribution in [0, 0.1) is 0 Å². The van der Waals surface area contributed by atoms with Crippen LogP contribution in [0.5, 0.6) is 0 Å². The van der Waals surface area contributed by atoms with E-state index in [4.69, 9.17) is 0 Å². The smallest absolute Gasteiger partial charge is 0.278 e. The van der Waals surface area contributed by atoms with Gasteiger partial charge in [0.15, 0.2) is 6.04 Å². The molecular weight excluding hydrogens is 148 g/mol. The second kappa shape index (κ2) is 3.34. The first-order chi connectivity index (χ1) is 5.20. The van der Waals surface area contributed by atoms with E-state index >= 15 is 0 Å². The molecule has 62 valence electrons. The molecule has 0 radical (unpaired) electrons. The van der Waals surface area contributed by atoms with Crippen LogP contribution in [0.4, 0.5) is 0 Å². The van der Waals surface area contributed by atoms with Crippen molar-refractivity contribution in [3.8, 4) is 0 Å². The monoisotopic (exact) mass is 158 g/mol. The third kappa shape index (κ3) is 2.19.